The third kappa shape index (κ3) is 18.4. The molecular weight excluding hydrogens is 1040 g/mol. The lowest BCUT2D eigenvalue weighted by molar-refractivity contribution is -0.00331. The Balaban J connectivity index is 1.57. The molecule has 2 aromatic carbocycles. The summed E-state index contributed by atoms with van der Waals surface area (Å²) < 4.78 is 77.3. The molecule has 8 nitrogen and oxygen atoms in total. The maximum Gasteiger partial charge on any atom is 0.397 e. The second-order valence-corrected chi connectivity index (χ2v) is 35.6. The summed E-state index contributed by atoms with van der Waals surface area (Å²) >= 11 is 0. The van der Waals surface area contributed by atoms with Crippen LogP contribution in [0, 0.1) is 81.8 Å². The zero-order valence-electron chi connectivity index (χ0n) is 54.2. The highest BCUT2D eigenvalue weighted by Gasteiger charge is 2.44. The van der Waals surface area contributed by atoms with E-state index in [4.69, 9.17) is 27.1 Å². The van der Waals surface area contributed by atoms with E-state index in [1.165, 1.54) is 0 Å². The number of hydrogen-bond acceptors (Lipinski definition) is 8. The van der Waals surface area contributed by atoms with E-state index < -0.39 is 27.0 Å². The van der Waals surface area contributed by atoms with Gasteiger partial charge in [-0.3, -0.25) is 18.1 Å². The molecule has 4 fully saturated rings. The Morgan fingerprint density at radius 1 is 0.430 bits per heavy atom. The van der Waals surface area contributed by atoms with Gasteiger partial charge in [-0.05, 0) is 192 Å². The van der Waals surface area contributed by atoms with Gasteiger partial charge in [0.25, 0.3) is 0 Å². The molecule has 0 spiro atoms. The molecule has 0 radical (unpaired) electrons. The second-order valence-electron chi connectivity index (χ2n) is 31.6. The van der Waals surface area contributed by atoms with Crippen LogP contribution in [0.4, 0.5) is 0 Å². The first kappa shape index (κ1) is 66.8. The Morgan fingerprint density at radius 2 is 0.684 bits per heavy atom. The Labute approximate surface area is 488 Å². The summed E-state index contributed by atoms with van der Waals surface area (Å²) in [6, 6.07) is 11.8. The molecule has 4 aliphatic rings. The monoisotopic (exact) mass is 1150 g/mol. The lowest BCUT2D eigenvalue weighted by Gasteiger charge is -2.41. The molecule has 452 valence electrons. The smallest absolute Gasteiger partial charge is 0.397 e. The summed E-state index contributed by atoms with van der Waals surface area (Å²) in [6.45, 7) is 50.2. The number of sulfone groups is 1. The van der Waals surface area contributed by atoms with E-state index in [1.807, 2.05) is 24.3 Å². The van der Waals surface area contributed by atoms with Crippen molar-refractivity contribution in [3.63, 3.8) is 0 Å². The quantitative estimate of drug-likeness (QED) is 0.108. The van der Waals surface area contributed by atoms with E-state index in [0.29, 0.717) is 71.0 Å². The fourth-order valence-corrected chi connectivity index (χ4v) is 19.5. The highest BCUT2D eigenvalue weighted by Crippen LogP contribution is 2.56. The predicted molar refractivity (Wildman–Crippen MR) is 332 cm³/mol. The maximum atomic E-state index is 16.8. The molecule has 0 saturated heterocycles. The number of benzene rings is 2. The highest BCUT2D eigenvalue weighted by atomic mass is 32.2. The van der Waals surface area contributed by atoms with Crippen LogP contribution in [0.15, 0.2) is 46.2 Å². The molecule has 2 aromatic rings. The molecule has 0 aliphatic heterocycles. The van der Waals surface area contributed by atoms with E-state index in [1.54, 1.807) is 0 Å². The summed E-state index contributed by atoms with van der Waals surface area (Å²) in [5.41, 5.74) is 1.04. The van der Waals surface area contributed by atoms with Gasteiger partial charge in [-0.15, -0.1) is 0 Å². The first-order chi connectivity index (χ1) is 36.5. The standard InChI is InChI=1S/C68H116O8P2S/c1-43(2)53-29-23-47(9)35-59(53)73-77(74-60-36-48(10)24-30-54(60)44(3)4)71-57-33-27-51(67(19,20)41-65(13,14)15)39-63(57)79(69,70)64-40-52(68(21,22)42-66(16,17)18)28-34-58(64)72-78(75-61-37-49(11)25-31-55(61)45(5)6)76-62-38-50(12)26-32-56(62)46(7)8/h27-28,33-34,39-40,43-50,53-56,59-62H,23-26,29-32,35-38,41-42H2,1-22H3/t47-,48-,49-,50-,53+,54?,55+,56?,59-,60-,61-,62-,77?,78?/m1/s1. The molecule has 0 N–H and O–H groups in total. The van der Waals surface area contributed by atoms with Gasteiger partial charge in [0.2, 0.25) is 9.84 Å². The Kier molecular flexibility index (Phi) is 23.2. The Morgan fingerprint density at radius 3 is 0.911 bits per heavy atom. The van der Waals surface area contributed by atoms with E-state index in [-0.39, 0.29) is 67.4 Å². The minimum Gasteiger partial charge on any atom is -0.425 e. The first-order valence-corrected chi connectivity index (χ1v) is 35.4. The third-order valence-electron chi connectivity index (χ3n) is 19.1. The van der Waals surface area contributed by atoms with Crippen LogP contribution >= 0.6 is 17.2 Å². The van der Waals surface area contributed by atoms with Gasteiger partial charge in [0.05, 0.1) is 24.4 Å². The fraction of sp³-hybridized carbons (Fsp3) is 0.824. The minimum absolute atomic E-state index is 0.0253. The lowest BCUT2D eigenvalue weighted by atomic mass is 9.72. The second kappa shape index (κ2) is 27.4. The number of rotatable bonds is 22. The molecule has 4 saturated carbocycles. The summed E-state index contributed by atoms with van der Waals surface area (Å²) in [5.74, 6) is 5.48. The van der Waals surface area contributed by atoms with Gasteiger partial charge in [0.1, 0.15) is 21.3 Å². The van der Waals surface area contributed by atoms with Crippen LogP contribution in [0.5, 0.6) is 11.5 Å². The van der Waals surface area contributed by atoms with Crippen LogP contribution < -0.4 is 9.05 Å². The van der Waals surface area contributed by atoms with E-state index in [0.717, 1.165) is 101 Å². The van der Waals surface area contributed by atoms with Gasteiger partial charge < -0.3 is 9.05 Å². The third-order valence-corrected chi connectivity index (χ3v) is 23.3. The van der Waals surface area contributed by atoms with Crippen molar-refractivity contribution >= 4 is 27.0 Å². The van der Waals surface area contributed by atoms with Crippen molar-refractivity contribution < 1.29 is 35.6 Å². The molecule has 0 aromatic heterocycles. The van der Waals surface area contributed by atoms with Gasteiger partial charge in [-0.2, -0.15) is 0 Å². The predicted octanol–water partition coefficient (Wildman–Crippen LogP) is 21.1. The van der Waals surface area contributed by atoms with Gasteiger partial charge in [-0.1, -0.05) is 190 Å². The SMILES string of the molecule is CC(C)C1CC[C@@H](C)C[C@H]1OP(Oc1ccc(C(C)(C)CC(C)(C)C)cc1S(=O)(=O)c1cc(C(C)(C)CC(C)(C)C)ccc1OP(O[C@@H]1C[C@H](C)CCC1C(C)C)O[C@@H]1C[C@H](C)CC[C@H]1C(C)C)O[C@@H]1C[C@H](C)CC[C@H]1C(C)C. The van der Waals surface area contributed by atoms with Gasteiger partial charge >= 0.3 is 17.2 Å². The average molecular weight is 1160 g/mol. The topological polar surface area (TPSA) is 89.5 Å². The number of hydrogen-bond donors (Lipinski definition) is 0. The van der Waals surface area contributed by atoms with Crippen LogP contribution in [0.3, 0.4) is 0 Å². The van der Waals surface area contributed by atoms with Crippen molar-refractivity contribution in [2.75, 3.05) is 0 Å². The molecule has 0 heterocycles. The van der Waals surface area contributed by atoms with Crippen LogP contribution in [0.1, 0.15) is 253 Å². The summed E-state index contributed by atoms with van der Waals surface area (Å²) in [7, 11) is -8.58. The summed E-state index contributed by atoms with van der Waals surface area (Å²) in [6.07, 6.45) is 14.0. The van der Waals surface area contributed by atoms with Crippen molar-refractivity contribution in [3.8, 4) is 11.5 Å². The lowest BCUT2D eigenvalue weighted by Crippen LogP contribution is -2.36. The molecular formula is C68H116O8P2S. The van der Waals surface area contributed by atoms with E-state index >= 15 is 8.42 Å². The van der Waals surface area contributed by atoms with Crippen molar-refractivity contribution in [1.82, 2.24) is 0 Å². The van der Waals surface area contributed by atoms with Gasteiger partial charge in [-0.25, -0.2) is 8.42 Å². The van der Waals surface area contributed by atoms with E-state index in [2.05, 4.69) is 164 Å². The van der Waals surface area contributed by atoms with Gasteiger partial charge in [0, 0.05) is 0 Å². The van der Waals surface area contributed by atoms with Crippen LogP contribution in [-0.4, -0.2) is 32.8 Å². The summed E-state index contributed by atoms with van der Waals surface area (Å²) in [4.78, 5) is 0.204. The Hall–Kier alpha value is -1.31. The van der Waals surface area contributed by atoms with Gasteiger partial charge in [0.15, 0.2) is 0 Å². The Bertz CT molecular complexity index is 2120. The molecule has 14 atom stereocenters. The average Bonchev–Trinajstić information content (AvgIpc) is 3.33. The molecule has 11 heteroatoms. The van der Waals surface area contributed by atoms with Crippen LogP contribution in [0.2, 0.25) is 0 Å². The fourth-order valence-electron chi connectivity index (χ4n) is 15.1. The van der Waals surface area contributed by atoms with Crippen molar-refractivity contribution in [2.45, 2.75) is 287 Å². The van der Waals surface area contributed by atoms with Crippen LogP contribution in [0.25, 0.3) is 0 Å². The van der Waals surface area contributed by atoms with Crippen molar-refractivity contribution in [1.29, 1.82) is 0 Å². The summed E-state index contributed by atoms with van der Waals surface area (Å²) in [5, 5.41) is 0. The molecule has 79 heavy (non-hydrogen) atoms. The maximum absolute atomic E-state index is 16.8. The van der Waals surface area contributed by atoms with E-state index in [9.17, 15) is 0 Å². The highest BCUT2D eigenvalue weighted by molar-refractivity contribution is 7.91. The molecule has 0 bridgehead atoms. The molecule has 4 unspecified atom stereocenters. The largest absolute Gasteiger partial charge is 0.425 e. The molecule has 4 aliphatic carbocycles. The van der Waals surface area contributed by atoms with Crippen LogP contribution in [-0.2, 0) is 38.8 Å². The molecule has 6 rings (SSSR count). The zero-order valence-corrected chi connectivity index (χ0v) is 56.8. The van der Waals surface area contributed by atoms with Crippen molar-refractivity contribution in [3.05, 3.63) is 47.5 Å². The first-order valence-electron chi connectivity index (χ1n) is 31.7. The normalized spacial score (nSPS) is 29.8. The minimum atomic E-state index is -4.46. The van der Waals surface area contributed by atoms with Crippen molar-refractivity contribution in [2.24, 2.45) is 81.8 Å². The molecule has 0 amide bonds. The zero-order chi connectivity index (χ0) is 58.7.